The first-order valence-corrected chi connectivity index (χ1v) is 4.81. The van der Waals surface area contributed by atoms with E-state index in [2.05, 4.69) is 0 Å². The molecule has 0 atom stereocenters. The topological polar surface area (TPSA) is 86.3 Å². The highest BCUT2D eigenvalue weighted by atomic mass is 35.5. The number of nitro groups is 2. The molecule has 0 heterocycles. The van der Waals surface area contributed by atoms with Crippen molar-refractivity contribution in [3.8, 4) is 0 Å². The average Bonchev–Trinajstić information content (AvgIpc) is 2.18. The van der Waals surface area contributed by atoms with E-state index in [0.29, 0.717) is 0 Å². The molecule has 6 nitrogen and oxygen atoms in total. The zero-order valence-corrected chi connectivity index (χ0v) is 9.80. The van der Waals surface area contributed by atoms with E-state index in [1.165, 1.54) is 13.8 Å². The molecule has 0 fully saturated rings. The van der Waals surface area contributed by atoms with Gasteiger partial charge in [0, 0.05) is 0 Å². The molecule has 0 spiro atoms. The van der Waals surface area contributed by atoms with Crippen LogP contribution in [0.5, 0.6) is 0 Å². The van der Waals surface area contributed by atoms with Crippen LogP contribution in [0.3, 0.4) is 0 Å². The first-order valence-electron chi connectivity index (χ1n) is 4.06. The smallest absolute Gasteiger partial charge is 0.258 e. The summed E-state index contributed by atoms with van der Waals surface area (Å²) < 4.78 is 0. The first-order chi connectivity index (χ1) is 7.29. The summed E-state index contributed by atoms with van der Waals surface area (Å²) in [5, 5.41) is 21.5. The number of hydrogen-bond acceptors (Lipinski definition) is 4. The molecule has 0 aromatic heterocycles. The SMILES string of the molecule is Cc1c(Cl)c(Cl)c(C)c([N+](=O)[O-])c1[N+](=O)[O-]. The third-order valence-electron chi connectivity index (χ3n) is 2.15. The van der Waals surface area contributed by atoms with Crippen LogP contribution in [0.2, 0.25) is 10.0 Å². The largest absolute Gasteiger partial charge is 0.350 e. The molecule has 0 saturated heterocycles. The quantitative estimate of drug-likeness (QED) is 0.605. The number of halogens is 2. The van der Waals surface area contributed by atoms with Crippen molar-refractivity contribution in [3.05, 3.63) is 41.4 Å². The fourth-order valence-electron chi connectivity index (χ4n) is 1.34. The van der Waals surface area contributed by atoms with Crippen molar-refractivity contribution in [1.82, 2.24) is 0 Å². The number of nitrogens with zero attached hydrogens (tertiary/aromatic N) is 2. The van der Waals surface area contributed by atoms with Crippen LogP contribution in [-0.4, -0.2) is 9.85 Å². The lowest BCUT2D eigenvalue weighted by Crippen LogP contribution is -2.02. The zero-order chi connectivity index (χ0) is 12.6. The van der Waals surface area contributed by atoms with E-state index in [1.807, 2.05) is 0 Å². The first kappa shape index (κ1) is 12.7. The minimum Gasteiger partial charge on any atom is -0.258 e. The minimum absolute atomic E-state index is 0.00559. The Balaban J connectivity index is 3.83. The summed E-state index contributed by atoms with van der Waals surface area (Å²) in [7, 11) is 0. The summed E-state index contributed by atoms with van der Waals surface area (Å²) in [5.74, 6) is 0. The highest BCUT2D eigenvalue weighted by Crippen LogP contribution is 2.43. The van der Waals surface area contributed by atoms with Crippen LogP contribution in [0.25, 0.3) is 0 Å². The molecule has 1 aromatic carbocycles. The summed E-state index contributed by atoms with van der Waals surface area (Å²) in [6.07, 6.45) is 0. The third-order valence-corrected chi connectivity index (χ3v) is 3.19. The van der Waals surface area contributed by atoms with Crippen molar-refractivity contribution < 1.29 is 9.85 Å². The van der Waals surface area contributed by atoms with E-state index >= 15 is 0 Å². The minimum atomic E-state index is -0.831. The highest BCUT2D eigenvalue weighted by molar-refractivity contribution is 6.43. The molecule has 1 aromatic rings. The normalized spacial score (nSPS) is 10.2. The van der Waals surface area contributed by atoms with Gasteiger partial charge in [-0.25, -0.2) is 0 Å². The molecule has 0 aliphatic rings. The molecule has 0 amide bonds. The predicted molar refractivity (Wildman–Crippen MR) is 59.2 cm³/mol. The van der Waals surface area contributed by atoms with E-state index < -0.39 is 21.2 Å². The summed E-state index contributed by atoms with van der Waals surface area (Å²) in [4.78, 5) is 19.9. The average molecular weight is 265 g/mol. The summed E-state index contributed by atoms with van der Waals surface area (Å²) in [6, 6.07) is 0. The van der Waals surface area contributed by atoms with Gasteiger partial charge in [-0.3, -0.25) is 20.2 Å². The lowest BCUT2D eigenvalue weighted by atomic mass is 10.1. The molecule has 0 radical (unpaired) electrons. The van der Waals surface area contributed by atoms with Crippen molar-refractivity contribution in [2.45, 2.75) is 13.8 Å². The predicted octanol–water partition coefficient (Wildman–Crippen LogP) is 3.43. The maximum atomic E-state index is 10.8. The van der Waals surface area contributed by atoms with Crippen LogP contribution in [0.15, 0.2) is 0 Å². The third kappa shape index (κ3) is 1.81. The lowest BCUT2D eigenvalue weighted by molar-refractivity contribution is -0.423. The molecular weight excluding hydrogens is 259 g/mol. The summed E-state index contributed by atoms with van der Waals surface area (Å²) >= 11 is 11.5. The van der Waals surface area contributed by atoms with Crippen molar-refractivity contribution in [3.63, 3.8) is 0 Å². The van der Waals surface area contributed by atoms with Gasteiger partial charge in [0.1, 0.15) is 0 Å². The molecule has 86 valence electrons. The van der Waals surface area contributed by atoms with Gasteiger partial charge >= 0.3 is 11.4 Å². The molecule has 0 aliphatic heterocycles. The van der Waals surface area contributed by atoms with E-state index in [9.17, 15) is 20.2 Å². The number of hydrogen-bond donors (Lipinski definition) is 0. The molecule has 0 N–H and O–H groups in total. The van der Waals surface area contributed by atoms with E-state index in [-0.39, 0.29) is 21.2 Å². The Morgan fingerprint density at radius 3 is 1.31 bits per heavy atom. The Hall–Kier alpha value is -1.40. The fraction of sp³-hybridized carbons (Fsp3) is 0.250. The highest BCUT2D eigenvalue weighted by Gasteiger charge is 2.33. The van der Waals surface area contributed by atoms with E-state index in [1.54, 1.807) is 0 Å². The van der Waals surface area contributed by atoms with Crippen molar-refractivity contribution in [2.24, 2.45) is 0 Å². The van der Waals surface area contributed by atoms with Gasteiger partial charge in [0.2, 0.25) is 0 Å². The van der Waals surface area contributed by atoms with Crippen molar-refractivity contribution >= 4 is 34.6 Å². The van der Waals surface area contributed by atoms with Crippen LogP contribution in [0, 0.1) is 34.1 Å². The number of benzene rings is 1. The van der Waals surface area contributed by atoms with Gasteiger partial charge in [-0.15, -0.1) is 0 Å². The number of rotatable bonds is 2. The van der Waals surface area contributed by atoms with Gasteiger partial charge in [0.25, 0.3) is 0 Å². The van der Waals surface area contributed by atoms with E-state index in [4.69, 9.17) is 23.2 Å². The maximum absolute atomic E-state index is 10.8. The second kappa shape index (κ2) is 4.23. The molecule has 0 bridgehead atoms. The Labute approximate surface area is 100 Å². The van der Waals surface area contributed by atoms with Crippen LogP contribution >= 0.6 is 23.2 Å². The van der Waals surface area contributed by atoms with Crippen LogP contribution < -0.4 is 0 Å². The second-order valence-corrected chi connectivity index (χ2v) is 3.85. The van der Waals surface area contributed by atoms with Crippen LogP contribution in [-0.2, 0) is 0 Å². The van der Waals surface area contributed by atoms with Gasteiger partial charge in [-0.2, -0.15) is 0 Å². The molecule has 8 heteroatoms. The Bertz CT molecular complexity index is 457. The van der Waals surface area contributed by atoms with Crippen LogP contribution in [0.1, 0.15) is 11.1 Å². The number of nitro benzene ring substituents is 2. The lowest BCUT2D eigenvalue weighted by Gasteiger charge is -2.06. The van der Waals surface area contributed by atoms with Gasteiger partial charge in [-0.1, -0.05) is 23.2 Å². The van der Waals surface area contributed by atoms with Crippen molar-refractivity contribution in [1.29, 1.82) is 0 Å². The molecule has 0 unspecified atom stereocenters. The second-order valence-electron chi connectivity index (χ2n) is 3.09. The zero-order valence-electron chi connectivity index (χ0n) is 8.28. The Morgan fingerprint density at radius 1 is 0.875 bits per heavy atom. The summed E-state index contributed by atoms with van der Waals surface area (Å²) in [5.41, 5.74) is -1.24. The molecule has 0 aliphatic carbocycles. The van der Waals surface area contributed by atoms with Gasteiger partial charge in [0.15, 0.2) is 0 Å². The van der Waals surface area contributed by atoms with Crippen LogP contribution in [0.4, 0.5) is 11.4 Å². The fourth-order valence-corrected chi connectivity index (χ4v) is 1.80. The summed E-state index contributed by atoms with van der Waals surface area (Å²) in [6.45, 7) is 2.64. The Kier molecular flexibility index (Phi) is 3.35. The van der Waals surface area contributed by atoms with Gasteiger partial charge in [0.05, 0.1) is 31.0 Å². The Morgan fingerprint density at radius 2 is 1.12 bits per heavy atom. The molecule has 0 saturated carbocycles. The van der Waals surface area contributed by atoms with Gasteiger partial charge in [-0.05, 0) is 13.8 Å². The standard InChI is InChI=1S/C8H6Cl2N2O4/c1-3-5(9)6(10)4(2)8(12(15)16)7(3)11(13)14/h1-2H3. The molecule has 16 heavy (non-hydrogen) atoms. The van der Waals surface area contributed by atoms with Gasteiger partial charge < -0.3 is 0 Å². The molecular formula is C8H6Cl2N2O4. The monoisotopic (exact) mass is 264 g/mol. The van der Waals surface area contributed by atoms with E-state index in [0.717, 1.165) is 0 Å². The maximum Gasteiger partial charge on any atom is 0.350 e. The molecule has 1 rings (SSSR count). The van der Waals surface area contributed by atoms with Crippen molar-refractivity contribution in [2.75, 3.05) is 0 Å².